The number of amides is 2. The molecule has 2 amide bonds. The van der Waals surface area contributed by atoms with Crippen LogP contribution >= 0.6 is 0 Å². The van der Waals surface area contributed by atoms with Gasteiger partial charge in [-0.05, 0) is 36.4 Å². The average molecular weight is 494 g/mol. The molecular weight excluding hydrogens is 466 g/mol. The number of hydrogen-bond donors (Lipinski definition) is 0. The molecule has 8 heteroatoms. The van der Waals surface area contributed by atoms with E-state index in [1.165, 1.54) is 4.90 Å². The fourth-order valence-electron chi connectivity index (χ4n) is 5.11. The maximum absolute atomic E-state index is 13.0. The van der Waals surface area contributed by atoms with Crippen LogP contribution in [0.1, 0.15) is 32.1 Å². The Morgan fingerprint density at radius 3 is 1.86 bits per heavy atom. The van der Waals surface area contributed by atoms with Crippen LogP contribution < -0.4 is 9.64 Å². The monoisotopic (exact) mass is 493 g/mol. The molecule has 2 aliphatic rings. The van der Waals surface area contributed by atoms with Crippen molar-refractivity contribution in [2.24, 2.45) is 0 Å². The van der Waals surface area contributed by atoms with Gasteiger partial charge in [0, 0.05) is 32.7 Å². The Labute approximate surface area is 215 Å². The molecule has 1 saturated heterocycles. The topological polar surface area (TPSA) is 78.9 Å². The van der Waals surface area contributed by atoms with Gasteiger partial charge in [0.1, 0.15) is 5.75 Å². The highest BCUT2D eigenvalue weighted by atomic mass is 16.5. The van der Waals surface area contributed by atoms with E-state index in [2.05, 4.69) is 15.9 Å². The summed E-state index contributed by atoms with van der Waals surface area (Å²) in [6, 6.07) is 22.7. The summed E-state index contributed by atoms with van der Waals surface area (Å²) < 4.78 is 5.55. The number of nitrogens with zero attached hydrogens (tertiary/aromatic N) is 5. The van der Waals surface area contributed by atoms with Crippen molar-refractivity contribution >= 4 is 28.5 Å². The van der Waals surface area contributed by atoms with E-state index in [-0.39, 0.29) is 18.4 Å². The molecule has 186 valence electrons. The molecule has 2 aliphatic heterocycles. The van der Waals surface area contributed by atoms with Gasteiger partial charge in [-0.15, -0.1) is 0 Å². The lowest BCUT2D eigenvalue weighted by molar-refractivity contribution is 0.0639. The zero-order valence-corrected chi connectivity index (χ0v) is 20.6. The molecule has 6 rings (SSSR count). The number of benzene rings is 3. The first kappa shape index (κ1) is 23.1. The summed E-state index contributed by atoms with van der Waals surface area (Å²) in [5.74, 6) is 0.304. The maximum Gasteiger partial charge on any atom is 0.261 e. The molecule has 0 aliphatic carbocycles. The fourth-order valence-corrected chi connectivity index (χ4v) is 5.11. The second kappa shape index (κ2) is 9.63. The van der Waals surface area contributed by atoms with Crippen molar-refractivity contribution < 1.29 is 14.3 Å². The van der Waals surface area contributed by atoms with Gasteiger partial charge in [0.15, 0.2) is 0 Å². The average Bonchev–Trinajstić information content (AvgIpc) is 3.18. The highest BCUT2D eigenvalue weighted by Gasteiger charge is 2.36. The number of aromatic nitrogens is 2. The summed E-state index contributed by atoms with van der Waals surface area (Å²) in [5.41, 5.74) is 4.98. The number of methoxy groups -OCH3 is 1. The Hall–Kier alpha value is -4.30. The summed E-state index contributed by atoms with van der Waals surface area (Å²) >= 11 is 0. The second-order valence-corrected chi connectivity index (χ2v) is 9.28. The third-order valence-electron chi connectivity index (χ3n) is 7.08. The van der Waals surface area contributed by atoms with E-state index in [0.29, 0.717) is 23.4 Å². The predicted octanol–water partition coefficient (Wildman–Crippen LogP) is 3.76. The smallest absolute Gasteiger partial charge is 0.261 e. The van der Waals surface area contributed by atoms with E-state index in [1.807, 2.05) is 42.5 Å². The number of rotatable bonds is 6. The molecule has 0 N–H and O–H groups in total. The van der Waals surface area contributed by atoms with E-state index in [9.17, 15) is 9.59 Å². The summed E-state index contributed by atoms with van der Waals surface area (Å²) in [7, 11) is 1.70. The quantitative estimate of drug-likeness (QED) is 0.379. The summed E-state index contributed by atoms with van der Waals surface area (Å²) in [5, 5.41) is 0. The van der Waals surface area contributed by atoms with Crippen molar-refractivity contribution in [3.63, 3.8) is 0 Å². The van der Waals surface area contributed by atoms with Crippen LogP contribution in [0.5, 0.6) is 5.75 Å². The molecule has 1 aromatic heterocycles. The zero-order valence-electron chi connectivity index (χ0n) is 20.6. The van der Waals surface area contributed by atoms with Gasteiger partial charge in [-0.25, -0.2) is 9.97 Å². The summed E-state index contributed by atoms with van der Waals surface area (Å²) in [4.78, 5) is 41.8. The minimum absolute atomic E-state index is 0.0979. The van der Waals surface area contributed by atoms with Crippen LogP contribution in [0.15, 0.2) is 72.8 Å². The SMILES string of the molecule is COc1ccccc1N1CCN(Cc2nc3ccccc3nc2CN2C(=O)c3ccccc3C2=O)CC1. The Bertz CT molecular complexity index is 1460. The molecule has 0 radical (unpaired) electrons. The molecule has 0 atom stereocenters. The lowest BCUT2D eigenvalue weighted by atomic mass is 10.1. The normalized spacial score (nSPS) is 15.9. The van der Waals surface area contributed by atoms with E-state index in [1.54, 1.807) is 31.4 Å². The van der Waals surface area contributed by atoms with Crippen LogP contribution in [-0.2, 0) is 13.1 Å². The van der Waals surface area contributed by atoms with Gasteiger partial charge >= 0.3 is 0 Å². The number of piperazine rings is 1. The standard InChI is InChI=1S/C29H27N5O3/c1-37-27-13-7-6-12-26(27)33-16-14-32(15-17-33)18-24-25(31-23-11-5-4-10-22(23)30-24)19-34-28(35)20-8-2-3-9-21(20)29(34)36/h2-13H,14-19H2,1H3. The van der Waals surface area contributed by atoms with Crippen LogP contribution in [0.2, 0.25) is 0 Å². The van der Waals surface area contributed by atoms with Crippen LogP contribution in [0, 0.1) is 0 Å². The highest BCUT2D eigenvalue weighted by molar-refractivity contribution is 6.21. The van der Waals surface area contributed by atoms with E-state index < -0.39 is 0 Å². The largest absolute Gasteiger partial charge is 0.495 e. The number of carbonyl (C=O) groups is 2. The lowest BCUT2D eigenvalue weighted by Crippen LogP contribution is -2.46. The third-order valence-corrected chi connectivity index (χ3v) is 7.08. The van der Waals surface area contributed by atoms with Gasteiger partial charge in [-0.2, -0.15) is 0 Å². The Morgan fingerprint density at radius 1 is 0.703 bits per heavy atom. The first-order chi connectivity index (χ1) is 18.1. The van der Waals surface area contributed by atoms with Gasteiger partial charge in [0.05, 0.1) is 52.9 Å². The first-order valence-electron chi connectivity index (χ1n) is 12.4. The van der Waals surface area contributed by atoms with Crippen LogP contribution in [-0.4, -0.2) is 64.9 Å². The van der Waals surface area contributed by atoms with Crippen molar-refractivity contribution in [1.29, 1.82) is 0 Å². The Morgan fingerprint density at radius 2 is 1.24 bits per heavy atom. The number of anilines is 1. The van der Waals surface area contributed by atoms with Crippen molar-refractivity contribution in [3.05, 3.63) is 95.3 Å². The minimum Gasteiger partial charge on any atom is -0.495 e. The van der Waals surface area contributed by atoms with Gasteiger partial charge in [0.25, 0.3) is 11.8 Å². The molecule has 0 saturated carbocycles. The minimum atomic E-state index is -0.285. The number of para-hydroxylation sites is 4. The Kier molecular flexibility index (Phi) is 6.02. The van der Waals surface area contributed by atoms with Crippen LogP contribution in [0.25, 0.3) is 11.0 Å². The number of carbonyl (C=O) groups excluding carboxylic acids is 2. The van der Waals surface area contributed by atoms with Gasteiger partial charge in [0.2, 0.25) is 0 Å². The molecule has 3 aromatic carbocycles. The van der Waals surface area contributed by atoms with Crippen molar-refractivity contribution in [2.45, 2.75) is 13.1 Å². The number of imide groups is 1. The molecule has 8 nitrogen and oxygen atoms in total. The van der Waals surface area contributed by atoms with Gasteiger partial charge in [-0.1, -0.05) is 36.4 Å². The summed E-state index contributed by atoms with van der Waals surface area (Å²) in [6.07, 6.45) is 0. The number of ether oxygens (including phenoxy) is 1. The van der Waals surface area contributed by atoms with Gasteiger partial charge in [-0.3, -0.25) is 19.4 Å². The lowest BCUT2D eigenvalue weighted by Gasteiger charge is -2.36. The molecule has 1 fully saturated rings. The molecule has 0 spiro atoms. The van der Waals surface area contributed by atoms with E-state index >= 15 is 0 Å². The van der Waals surface area contributed by atoms with Crippen molar-refractivity contribution in [3.8, 4) is 5.75 Å². The molecule has 0 bridgehead atoms. The Balaban J connectivity index is 1.24. The van der Waals surface area contributed by atoms with Crippen molar-refractivity contribution in [2.75, 3.05) is 38.2 Å². The molecular formula is C29H27N5O3. The molecule has 37 heavy (non-hydrogen) atoms. The van der Waals surface area contributed by atoms with E-state index in [4.69, 9.17) is 14.7 Å². The van der Waals surface area contributed by atoms with Crippen LogP contribution in [0.4, 0.5) is 5.69 Å². The van der Waals surface area contributed by atoms with E-state index in [0.717, 1.165) is 54.3 Å². The maximum atomic E-state index is 13.0. The van der Waals surface area contributed by atoms with Crippen molar-refractivity contribution in [1.82, 2.24) is 19.8 Å². The third kappa shape index (κ3) is 4.29. The number of hydrogen-bond acceptors (Lipinski definition) is 7. The first-order valence-corrected chi connectivity index (χ1v) is 12.4. The fraction of sp³-hybridized carbons (Fsp3) is 0.241. The summed E-state index contributed by atoms with van der Waals surface area (Å²) in [6.45, 7) is 4.10. The predicted molar refractivity (Wildman–Crippen MR) is 141 cm³/mol. The molecule has 3 heterocycles. The van der Waals surface area contributed by atoms with Gasteiger partial charge < -0.3 is 9.64 Å². The second-order valence-electron chi connectivity index (χ2n) is 9.28. The van der Waals surface area contributed by atoms with Crippen LogP contribution in [0.3, 0.4) is 0 Å². The molecule has 0 unspecified atom stereocenters. The number of fused-ring (bicyclic) bond motifs is 2. The zero-order chi connectivity index (χ0) is 25.4. The highest BCUT2D eigenvalue weighted by Crippen LogP contribution is 2.29. The molecule has 4 aromatic rings.